The van der Waals surface area contributed by atoms with Crippen molar-refractivity contribution in [3.63, 3.8) is 0 Å². The highest BCUT2D eigenvalue weighted by molar-refractivity contribution is 7.85. The fraction of sp³-hybridized carbons (Fsp3) is 0. The monoisotopic (exact) mass is 554 g/mol. The van der Waals surface area contributed by atoms with Gasteiger partial charge in [0.15, 0.2) is 7.14 Å². The zero-order chi connectivity index (χ0) is 28.1. The lowest BCUT2D eigenvalue weighted by atomic mass is 9.87. The van der Waals surface area contributed by atoms with Crippen LogP contribution in [0.3, 0.4) is 0 Å². The molecule has 0 aromatic heterocycles. The van der Waals surface area contributed by atoms with Crippen molar-refractivity contribution >= 4 is 66.1 Å². The van der Waals surface area contributed by atoms with Crippen molar-refractivity contribution in [2.75, 3.05) is 0 Å². The van der Waals surface area contributed by atoms with Gasteiger partial charge in [-0.3, -0.25) is 0 Å². The lowest BCUT2D eigenvalue weighted by Crippen LogP contribution is -2.24. The Hall–Kier alpha value is -4.97. The van der Waals surface area contributed by atoms with Crippen LogP contribution in [0.15, 0.2) is 164 Å². The van der Waals surface area contributed by atoms with E-state index >= 15 is 0 Å². The summed E-state index contributed by atoms with van der Waals surface area (Å²) in [6, 6.07) is 56.7. The summed E-state index contributed by atoms with van der Waals surface area (Å²) in [5, 5.41) is 12.6. The van der Waals surface area contributed by atoms with Gasteiger partial charge >= 0.3 is 0 Å². The molecule has 0 radical (unpaired) electrons. The van der Waals surface area contributed by atoms with Gasteiger partial charge in [0.05, 0.1) is 0 Å². The first-order chi connectivity index (χ1) is 20.7. The molecule has 8 rings (SSSR count). The molecule has 0 spiro atoms. The van der Waals surface area contributed by atoms with Crippen LogP contribution in [0.1, 0.15) is 0 Å². The van der Waals surface area contributed by atoms with Gasteiger partial charge in [0.1, 0.15) is 0 Å². The molecule has 0 atom stereocenters. The minimum atomic E-state index is -3.04. The minimum Gasteiger partial charge on any atom is -0.309 e. The molecule has 0 aliphatic rings. The lowest BCUT2D eigenvalue weighted by molar-refractivity contribution is 0.592. The Bertz CT molecular complexity index is 2260. The quantitative estimate of drug-likeness (QED) is 0.156. The summed E-state index contributed by atoms with van der Waals surface area (Å²) in [4.78, 5) is 0. The average molecular weight is 555 g/mol. The molecule has 0 saturated carbocycles. The van der Waals surface area contributed by atoms with Crippen molar-refractivity contribution in [1.29, 1.82) is 0 Å². The molecule has 0 aliphatic heterocycles. The highest BCUT2D eigenvalue weighted by Gasteiger charge is 2.29. The van der Waals surface area contributed by atoms with E-state index in [1.165, 1.54) is 48.7 Å². The highest BCUT2D eigenvalue weighted by atomic mass is 31.2. The van der Waals surface area contributed by atoms with Crippen LogP contribution >= 0.6 is 7.14 Å². The van der Waals surface area contributed by atoms with Gasteiger partial charge in [-0.15, -0.1) is 0 Å². The first-order valence-electron chi connectivity index (χ1n) is 14.3. The van der Waals surface area contributed by atoms with E-state index in [9.17, 15) is 4.57 Å². The Morgan fingerprint density at radius 2 is 0.714 bits per heavy atom. The van der Waals surface area contributed by atoms with E-state index in [2.05, 4.69) is 103 Å². The van der Waals surface area contributed by atoms with E-state index in [1.54, 1.807) is 0 Å². The smallest absolute Gasteiger partial charge is 0.171 e. The minimum absolute atomic E-state index is 0.838. The van der Waals surface area contributed by atoms with Crippen LogP contribution in [-0.2, 0) is 4.57 Å². The molecule has 8 aromatic rings. The van der Waals surface area contributed by atoms with E-state index in [4.69, 9.17) is 0 Å². The first-order valence-corrected chi connectivity index (χ1v) is 16.0. The van der Waals surface area contributed by atoms with Crippen LogP contribution in [0.4, 0.5) is 0 Å². The molecule has 0 saturated heterocycles. The SMILES string of the molecule is O=P(c1ccccc1)(c1ccccc1)c1ccc(-c2cc3c4ccccc4c4ccccc4c3c3ccccc23)cc1. The third kappa shape index (κ3) is 3.75. The molecule has 8 aromatic carbocycles. The van der Waals surface area contributed by atoms with Crippen molar-refractivity contribution in [3.8, 4) is 11.1 Å². The maximum atomic E-state index is 14.9. The van der Waals surface area contributed by atoms with Gasteiger partial charge in [-0.25, -0.2) is 0 Å². The molecule has 2 heteroatoms. The van der Waals surface area contributed by atoms with Gasteiger partial charge in [0.25, 0.3) is 0 Å². The second-order valence-corrected chi connectivity index (χ2v) is 13.6. The Morgan fingerprint density at radius 3 is 1.26 bits per heavy atom. The van der Waals surface area contributed by atoms with Gasteiger partial charge in [-0.05, 0) is 60.3 Å². The Kier molecular flexibility index (Phi) is 5.81. The summed E-state index contributed by atoms with van der Waals surface area (Å²) in [5.74, 6) is 0. The first kappa shape index (κ1) is 24.8. The fourth-order valence-electron chi connectivity index (χ4n) is 6.58. The predicted octanol–water partition coefficient (Wildman–Crippen LogP) is 9.61. The van der Waals surface area contributed by atoms with Gasteiger partial charge in [0.2, 0.25) is 0 Å². The van der Waals surface area contributed by atoms with Crippen molar-refractivity contribution in [2.24, 2.45) is 0 Å². The summed E-state index contributed by atoms with van der Waals surface area (Å²) < 4.78 is 14.9. The lowest BCUT2D eigenvalue weighted by Gasteiger charge is -2.20. The largest absolute Gasteiger partial charge is 0.309 e. The van der Waals surface area contributed by atoms with Crippen molar-refractivity contribution < 1.29 is 4.57 Å². The normalized spacial score (nSPS) is 11.9. The van der Waals surface area contributed by atoms with Crippen LogP contribution in [0.2, 0.25) is 0 Å². The maximum absolute atomic E-state index is 14.9. The molecular weight excluding hydrogens is 527 g/mol. The Balaban J connectivity index is 1.38. The van der Waals surface area contributed by atoms with Gasteiger partial charge in [-0.2, -0.15) is 0 Å². The van der Waals surface area contributed by atoms with E-state index in [0.29, 0.717) is 0 Å². The maximum Gasteiger partial charge on any atom is 0.171 e. The van der Waals surface area contributed by atoms with Gasteiger partial charge in [-0.1, -0.05) is 158 Å². The molecule has 0 aliphatic carbocycles. The second kappa shape index (κ2) is 9.84. The van der Waals surface area contributed by atoms with Crippen LogP contribution in [-0.4, -0.2) is 0 Å². The van der Waals surface area contributed by atoms with Crippen LogP contribution in [0.25, 0.3) is 54.2 Å². The molecule has 0 unspecified atom stereocenters. The third-order valence-electron chi connectivity index (χ3n) is 8.53. The third-order valence-corrected chi connectivity index (χ3v) is 11.6. The number of fused-ring (bicyclic) bond motifs is 8. The summed E-state index contributed by atoms with van der Waals surface area (Å²) in [6.45, 7) is 0. The topological polar surface area (TPSA) is 17.1 Å². The zero-order valence-corrected chi connectivity index (χ0v) is 23.8. The van der Waals surface area contributed by atoms with Crippen molar-refractivity contribution in [3.05, 3.63) is 164 Å². The average Bonchev–Trinajstić information content (AvgIpc) is 3.08. The molecule has 0 bridgehead atoms. The standard InChI is InChI=1S/C40H27OP/c41-42(29-13-3-1-4-14-29,30-15-5-2-6-16-30)31-25-23-28(24-26-31)38-27-39-34-19-8-7-17-32(34)33-18-9-11-21-36(33)40(39)37-22-12-10-20-35(37)38/h1-27H. The second-order valence-electron chi connectivity index (χ2n) is 10.8. The van der Waals surface area contributed by atoms with Crippen molar-refractivity contribution in [1.82, 2.24) is 0 Å². The molecule has 198 valence electrons. The molecule has 0 amide bonds. The molecular formula is C40H27OP. The molecule has 42 heavy (non-hydrogen) atoms. The van der Waals surface area contributed by atoms with E-state index in [1.807, 2.05) is 60.7 Å². The highest BCUT2D eigenvalue weighted by Crippen LogP contribution is 2.45. The zero-order valence-electron chi connectivity index (χ0n) is 22.9. The molecule has 0 fully saturated rings. The number of hydrogen-bond donors (Lipinski definition) is 0. The van der Waals surface area contributed by atoms with Gasteiger partial charge < -0.3 is 4.57 Å². The Labute approximate surface area is 245 Å². The van der Waals surface area contributed by atoms with Crippen LogP contribution < -0.4 is 15.9 Å². The number of rotatable bonds is 4. The Morgan fingerprint density at radius 1 is 0.333 bits per heavy atom. The van der Waals surface area contributed by atoms with E-state index in [-0.39, 0.29) is 0 Å². The van der Waals surface area contributed by atoms with Crippen LogP contribution in [0, 0.1) is 0 Å². The fourth-order valence-corrected chi connectivity index (χ4v) is 9.23. The summed E-state index contributed by atoms with van der Waals surface area (Å²) in [7, 11) is -3.04. The van der Waals surface area contributed by atoms with E-state index in [0.717, 1.165) is 21.5 Å². The van der Waals surface area contributed by atoms with Crippen LogP contribution in [0.5, 0.6) is 0 Å². The number of hydrogen-bond acceptors (Lipinski definition) is 1. The summed E-state index contributed by atoms with van der Waals surface area (Å²) in [5.41, 5.74) is 2.29. The molecule has 0 N–H and O–H groups in total. The molecule has 1 nitrogen and oxygen atoms in total. The summed E-state index contributed by atoms with van der Waals surface area (Å²) in [6.07, 6.45) is 0. The van der Waals surface area contributed by atoms with E-state index < -0.39 is 7.14 Å². The summed E-state index contributed by atoms with van der Waals surface area (Å²) >= 11 is 0. The van der Waals surface area contributed by atoms with Crippen molar-refractivity contribution in [2.45, 2.75) is 0 Å². The van der Waals surface area contributed by atoms with Gasteiger partial charge in [0, 0.05) is 15.9 Å². The molecule has 0 heterocycles. The number of benzene rings is 8. The predicted molar refractivity (Wildman–Crippen MR) is 181 cm³/mol.